The zero-order valence-corrected chi connectivity index (χ0v) is 11.4. The monoisotopic (exact) mass is 184 g/mol. The van der Waals surface area contributed by atoms with Crippen molar-refractivity contribution in [3.8, 4) is 0 Å². The maximum Gasteiger partial charge on any atom is 1.00 e. The molecule has 0 saturated heterocycles. The van der Waals surface area contributed by atoms with Gasteiger partial charge in [-0.3, -0.25) is 0 Å². The van der Waals surface area contributed by atoms with E-state index in [1.807, 2.05) is 0 Å². The van der Waals surface area contributed by atoms with Crippen LogP contribution in [0.15, 0.2) is 18.2 Å². The third-order valence-electron chi connectivity index (χ3n) is 2.08. The predicted octanol–water partition coefficient (Wildman–Crippen LogP) is 0.738. The van der Waals surface area contributed by atoms with Crippen LogP contribution in [-0.4, -0.2) is 0 Å². The van der Waals surface area contributed by atoms with Crippen molar-refractivity contribution in [3.05, 3.63) is 35.4 Å². The van der Waals surface area contributed by atoms with Crippen LogP contribution in [0.3, 0.4) is 0 Å². The maximum absolute atomic E-state index is 3.44. The molecule has 0 saturated carbocycles. The van der Waals surface area contributed by atoms with E-state index in [0.717, 1.165) is 0 Å². The molecule has 66 valence electrons. The van der Waals surface area contributed by atoms with Crippen LogP contribution in [0.25, 0.3) is 0 Å². The van der Waals surface area contributed by atoms with Gasteiger partial charge >= 0.3 is 29.6 Å². The van der Waals surface area contributed by atoms with Gasteiger partial charge in [0.15, 0.2) is 0 Å². The van der Waals surface area contributed by atoms with Gasteiger partial charge in [0.2, 0.25) is 0 Å². The van der Waals surface area contributed by atoms with Crippen LogP contribution < -0.4 is 29.6 Å². The first-order valence-corrected chi connectivity index (χ1v) is 4.63. The molecule has 0 unspecified atom stereocenters. The van der Waals surface area contributed by atoms with Crippen molar-refractivity contribution in [2.45, 2.75) is 39.5 Å². The largest absolute Gasteiger partial charge is 1.00 e. The summed E-state index contributed by atoms with van der Waals surface area (Å²) in [7, 11) is 0. The van der Waals surface area contributed by atoms with Crippen molar-refractivity contribution in [1.29, 1.82) is 0 Å². The van der Waals surface area contributed by atoms with Gasteiger partial charge in [0.25, 0.3) is 0 Å². The van der Waals surface area contributed by atoms with Crippen molar-refractivity contribution in [1.82, 2.24) is 0 Å². The molecule has 0 N–H and O–H groups in total. The Morgan fingerprint density at radius 2 is 1.31 bits per heavy atom. The Balaban J connectivity index is 0.00000144. The van der Waals surface area contributed by atoms with Gasteiger partial charge in [-0.1, -0.05) is 27.7 Å². The Kier molecular flexibility index (Phi) is 5.95. The fourth-order valence-corrected chi connectivity index (χ4v) is 1.18. The zero-order valence-electron chi connectivity index (χ0n) is 9.39. The summed E-state index contributed by atoms with van der Waals surface area (Å²) >= 11 is 0. The van der Waals surface area contributed by atoms with Gasteiger partial charge < -0.3 is 0 Å². The van der Waals surface area contributed by atoms with Crippen LogP contribution in [0.4, 0.5) is 0 Å². The average molecular weight is 184 g/mol. The molecule has 1 heteroatoms. The Morgan fingerprint density at radius 1 is 0.923 bits per heavy atom. The minimum Gasteiger partial charge on any atom is -0.176 e. The maximum atomic E-state index is 3.44. The number of rotatable bonds is 2. The van der Waals surface area contributed by atoms with Gasteiger partial charge in [0.05, 0.1) is 0 Å². The molecule has 0 aliphatic heterocycles. The molecule has 0 nitrogen and oxygen atoms in total. The van der Waals surface area contributed by atoms with Gasteiger partial charge in [-0.2, -0.15) is 35.4 Å². The van der Waals surface area contributed by atoms with Crippen LogP contribution in [0, 0.1) is 6.07 Å². The summed E-state index contributed by atoms with van der Waals surface area (Å²) in [6.07, 6.45) is 0. The molecular formula is C12H17Na. The van der Waals surface area contributed by atoms with E-state index in [1.165, 1.54) is 11.1 Å². The van der Waals surface area contributed by atoms with E-state index >= 15 is 0 Å². The summed E-state index contributed by atoms with van der Waals surface area (Å²) in [5.41, 5.74) is 2.64. The van der Waals surface area contributed by atoms with Gasteiger partial charge in [-0.25, -0.2) is 0 Å². The second-order valence-corrected chi connectivity index (χ2v) is 3.87. The van der Waals surface area contributed by atoms with E-state index in [2.05, 4.69) is 52.0 Å². The third-order valence-corrected chi connectivity index (χ3v) is 2.08. The quantitative estimate of drug-likeness (QED) is 0.470. The van der Waals surface area contributed by atoms with Crippen LogP contribution >= 0.6 is 0 Å². The number of benzene rings is 1. The topological polar surface area (TPSA) is 0 Å². The second kappa shape index (κ2) is 5.85. The van der Waals surface area contributed by atoms with E-state index in [4.69, 9.17) is 0 Å². The van der Waals surface area contributed by atoms with E-state index in [-0.39, 0.29) is 29.6 Å². The molecule has 0 aromatic heterocycles. The van der Waals surface area contributed by atoms with Crippen LogP contribution in [0.5, 0.6) is 0 Å². The Bertz CT molecular complexity index is 228. The summed E-state index contributed by atoms with van der Waals surface area (Å²) in [6, 6.07) is 9.87. The van der Waals surface area contributed by atoms with Crippen molar-refractivity contribution >= 4 is 0 Å². The minimum absolute atomic E-state index is 0. The molecule has 0 heterocycles. The van der Waals surface area contributed by atoms with Crippen molar-refractivity contribution in [2.24, 2.45) is 0 Å². The first-order chi connectivity index (χ1) is 5.61. The Labute approximate surface area is 104 Å². The standard InChI is InChI=1S/C12H17.Na/c1-9(2)11-6-5-7-12(8-11)10(3)4;/h5-7,9-10H,1-4H3;/q-1;+1. The first kappa shape index (κ1) is 13.2. The second-order valence-electron chi connectivity index (χ2n) is 3.87. The van der Waals surface area contributed by atoms with E-state index in [9.17, 15) is 0 Å². The summed E-state index contributed by atoms with van der Waals surface area (Å²) in [5, 5.41) is 0. The minimum atomic E-state index is 0. The number of hydrogen-bond donors (Lipinski definition) is 0. The molecule has 1 rings (SSSR count). The van der Waals surface area contributed by atoms with Crippen LogP contribution in [0.1, 0.15) is 50.7 Å². The van der Waals surface area contributed by atoms with E-state index in [1.54, 1.807) is 0 Å². The molecule has 1 aromatic rings. The van der Waals surface area contributed by atoms with Gasteiger partial charge in [0, 0.05) is 0 Å². The van der Waals surface area contributed by atoms with Gasteiger partial charge in [0.1, 0.15) is 0 Å². The fraction of sp³-hybridized carbons (Fsp3) is 0.500. The normalized spacial score (nSPS) is 10.3. The van der Waals surface area contributed by atoms with E-state index in [0.29, 0.717) is 11.8 Å². The Hall–Kier alpha value is 0.220. The first-order valence-electron chi connectivity index (χ1n) is 4.63. The van der Waals surface area contributed by atoms with Gasteiger partial charge in [-0.05, 0) is 11.8 Å². The smallest absolute Gasteiger partial charge is 0.176 e. The van der Waals surface area contributed by atoms with Gasteiger partial charge in [-0.15, -0.1) is 0 Å². The molecule has 1 aromatic carbocycles. The van der Waals surface area contributed by atoms with Crippen molar-refractivity contribution in [3.63, 3.8) is 0 Å². The van der Waals surface area contributed by atoms with Crippen molar-refractivity contribution in [2.75, 3.05) is 0 Å². The molecule has 13 heavy (non-hydrogen) atoms. The fourth-order valence-electron chi connectivity index (χ4n) is 1.18. The molecular weight excluding hydrogens is 167 g/mol. The Morgan fingerprint density at radius 3 is 1.62 bits per heavy atom. The van der Waals surface area contributed by atoms with Crippen LogP contribution in [-0.2, 0) is 0 Å². The third kappa shape index (κ3) is 3.84. The average Bonchev–Trinajstić information content (AvgIpc) is 2.04. The molecule has 0 radical (unpaired) electrons. The summed E-state index contributed by atoms with van der Waals surface area (Å²) in [5.74, 6) is 1.17. The molecule has 0 atom stereocenters. The van der Waals surface area contributed by atoms with E-state index < -0.39 is 0 Å². The zero-order chi connectivity index (χ0) is 9.14. The van der Waals surface area contributed by atoms with Crippen LogP contribution in [0.2, 0.25) is 0 Å². The molecule has 0 amide bonds. The molecule has 0 spiro atoms. The molecule has 0 aliphatic rings. The summed E-state index contributed by atoms with van der Waals surface area (Å²) in [4.78, 5) is 0. The SMILES string of the molecule is CC(C)c1[c-]c(C(C)C)ccc1.[Na+]. The van der Waals surface area contributed by atoms with Crippen molar-refractivity contribution < 1.29 is 29.6 Å². The predicted molar refractivity (Wildman–Crippen MR) is 53.5 cm³/mol. The summed E-state index contributed by atoms with van der Waals surface area (Å²) < 4.78 is 0. The summed E-state index contributed by atoms with van der Waals surface area (Å²) in [6.45, 7) is 8.82. The molecule has 0 bridgehead atoms. The number of hydrogen-bond acceptors (Lipinski definition) is 0. The molecule has 0 aliphatic carbocycles. The molecule has 0 fully saturated rings.